The molecule has 1 saturated carbocycles. The summed E-state index contributed by atoms with van der Waals surface area (Å²) in [5, 5.41) is 2.89. The van der Waals surface area contributed by atoms with E-state index in [2.05, 4.69) is 60.7 Å². The predicted octanol–water partition coefficient (Wildman–Crippen LogP) is 3.49. The molecule has 0 amide bonds. The highest BCUT2D eigenvalue weighted by atomic mass is 31.1. The second-order valence-electron chi connectivity index (χ2n) is 7.55. The molecule has 3 atom stereocenters. The maximum atomic E-state index is 6.29. The summed E-state index contributed by atoms with van der Waals surface area (Å²) in [4.78, 5) is 0. The number of benzene rings is 2. The van der Waals surface area contributed by atoms with Gasteiger partial charge in [-0.25, -0.2) is 0 Å². The summed E-state index contributed by atoms with van der Waals surface area (Å²) in [6.07, 6.45) is 3.50. The van der Waals surface area contributed by atoms with E-state index in [0.29, 0.717) is 45.3 Å². The number of rotatable bonds is 3. The number of hydrogen-bond acceptors (Lipinski definition) is 4. The Balaban J connectivity index is 1.52. The Hall–Kier alpha value is -1.29. The van der Waals surface area contributed by atoms with E-state index in [0.717, 1.165) is 19.3 Å². The van der Waals surface area contributed by atoms with E-state index in [1.807, 2.05) is 0 Å². The molecule has 29 heavy (non-hydrogen) atoms. The van der Waals surface area contributed by atoms with Crippen LogP contribution in [0.4, 0.5) is 0 Å². The van der Waals surface area contributed by atoms with Crippen LogP contribution >= 0.6 is 7.92 Å². The van der Waals surface area contributed by atoms with Crippen LogP contribution in [0.2, 0.25) is 0 Å². The minimum Gasteiger partial charge on any atom is -0.377 e. The van der Waals surface area contributed by atoms with Gasteiger partial charge in [0.25, 0.3) is 0 Å². The van der Waals surface area contributed by atoms with Gasteiger partial charge in [0, 0.05) is 0 Å². The van der Waals surface area contributed by atoms with Gasteiger partial charge in [-0.1, -0.05) is 60.7 Å². The molecule has 0 radical (unpaired) electrons. The van der Waals surface area contributed by atoms with Crippen LogP contribution in [-0.4, -0.2) is 57.5 Å². The van der Waals surface area contributed by atoms with Crippen LogP contribution in [0.1, 0.15) is 19.3 Å². The molecule has 2 fully saturated rings. The Kier molecular flexibility index (Phi) is 8.09. The summed E-state index contributed by atoms with van der Waals surface area (Å²) in [5.74, 6) is 0. The van der Waals surface area contributed by atoms with E-state index >= 15 is 0 Å². The molecular formula is C24H31O4P. The van der Waals surface area contributed by atoms with Crippen LogP contribution in [0, 0.1) is 0 Å². The van der Waals surface area contributed by atoms with Crippen LogP contribution in [0.25, 0.3) is 0 Å². The number of ether oxygens (including phenoxy) is 4. The van der Waals surface area contributed by atoms with Crippen LogP contribution < -0.4 is 10.6 Å². The van der Waals surface area contributed by atoms with Gasteiger partial charge in [0.1, 0.15) is 0 Å². The molecule has 156 valence electrons. The van der Waals surface area contributed by atoms with Crippen LogP contribution in [0.15, 0.2) is 60.7 Å². The minimum absolute atomic E-state index is 0.120. The highest BCUT2D eigenvalue weighted by Crippen LogP contribution is 2.47. The fourth-order valence-corrected chi connectivity index (χ4v) is 7.22. The molecule has 2 aliphatic rings. The third-order valence-electron chi connectivity index (χ3n) is 5.63. The van der Waals surface area contributed by atoms with Crippen LogP contribution in [0.3, 0.4) is 0 Å². The van der Waals surface area contributed by atoms with E-state index in [1.165, 1.54) is 10.6 Å². The standard InChI is InChI=1S/C24H31O4P/c1-3-7-20(8-4-1)29(21-9-5-2-6-10-21)22-11-12-23-24(19-22)28-18-16-26-14-13-25-15-17-27-23/h1-10,22-24H,11-19H2. The van der Waals surface area contributed by atoms with Crippen molar-refractivity contribution in [3.05, 3.63) is 60.7 Å². The van der Waals surface area contributed by atoms with Gasteiger partial charge in [0.05, 0.1) is 51.8 Å². The van der Waals surface area contributed by atoms with Crippen molar-refractivity contribution in [3.63, 3.8) is 0 Å². The van der Waals surface area contributed by atoms with Gasteiger partial charge in [-0.2, -0.15) is 0 Å². The molecule has 5 heteroatoms. The average molecular weight is 414 g/mol. The Bertz CT molecular complexity index is 672. The smallest absolute Gasteiger partial charge is 0.0844 e. The van der Waals surface area contributed by atoms with Crippen molar-refractivity contribution in [3.8, 4) is 0 Å². The maximum Gasteiger partial charge on any atom is 0.0844 e. The summed E-state index contributed by atoms with van der Waals surface area (Å²) in [6.45, 7) is 3.72. The zero-order valence-corrected chi connectivity index (χ0v) is 17.8. The fraction of sp³-hybridized carbons (Fsp3) is 0.500. The van der Waals surface area contributed by atoms with E-state index in [1.54, 1.807) is 0 Å². The minimum atomic E-state index is -0.430. The van der Waals surface area contributed by atoms with Crippen molar-refractivity contribution in [2.45, 2.75) is 37.1 Å². The Morgan fingerprint density at radius 2 is 1.10 bits per heavy atom. The van der Waals surface area contributed by atoms with Crippen molar-refractivity contribution in [1.29, 1.82) is 0 Å². The Morgan fingerprint density at radius 1 is 0.586 bits per heavy atom. The van der Waals surface area contributed by atoms with Gasteiger partial charge in [0.2, 0.25) is 0 Å². The molecule has 0 N–H and O–H groups in total. The van der Waals surface area contributed by atoms with E-state index in [-0.39, 0.29) is 12.2 Å². The number of hydrogen-bond donors (Lipinski definition) is 0. The first-order chi connectivity index (χ1) is 14.4. The lowest BCUT2D eigenvalue weighted by atomic mass is 9.94. The molecule has 0 spiro atoms. The average Bonchev–Trinajstić information content (AvgIpc) is 2.76. The predicted molar refractivity (Wildman–Crippen MR) is 118 cm³/mol. The molecule has 2 aromatic rings. The lowest BCUT2D eigenvalue weighted by Gasteiger charge is -2.39. The van der Waals surface area contributed by atoms with Crippen LogP contribution in [-0.2, 0) is 18.9 Å². The van der Waals surface area contributed by atoms with E-state index in [9.17, 15) is 0 Å². The molecular weight excluding hydrogens is 383 g/mol. The Labute approximate surface area is 175 Å². The van der Waals surface area contributed by atoms with Crippen molar-refractivity contribution in [2.75, 3.05) is 39.6 Å². The molecule has 2 aromatic carbocycles. The molecule has 0 bridgehead atoms. The number of fused-ring (bicyclic) bond motifs is 1. The van der Waals surface area contributed by atoms with Gasteiger partial charge in [-0.3, -0.25) is 0 Å². The topological polar surface area (TPSA) is 36.9 Å². The zero-order chi connectivity index (χ0) is 19.7. The van der Waals surface area contributed by atoms with Crippen molar-refractivity contribution >= 4 is 18.5 Å². The lowest BCUT2D eigenvalue weighted by molar-refractivity contribution is -0.118. The second kappa shape index (κ2) is 11.2. The van der Waals surface area contributed by atoms with Gasteiger partial charge in [0.15, 0.2) is 0 Å². The Morgan fingerprint density at radius 3 is 1.69 bits per heavy atom. The van der Waals surface area contributed by atoms with E-state index in [4.69, 9.17) is 18.9 Å². The molecule has 1 saturated heterocycles. The summed E-state index contributed by atoms with van der Waals surface area (Å²) in [5.41, 5.74) is 0.588. The summed E-state index contributed by atoms with van der Waals surface area (Å²) < 4.78 is 23.7. The summed E-state index contributed by atoms with van der Waals surface area (Å²) in [7, 11) is -0.430. The first-order valence-electron chi connectivity index (χ1n) is 10.7. The van der Waals surface area contributed by atoms with Crippen molar-refractivity contribution in [1.82, 2.24) is 0 Å². The monoisotopic (exact) mass is 414 g/mol. The van der Waals surface area contributed by atoms with Crippen molar-refractivity contribution < 1.29 is 18.9 Å². The molecule has 4 rings (SSSR count). The molecule has 1 aliphatic carbocycles. The van der Waals surface area contributed by atoms with Gasteiger partial charge < -0.3 is 18.9 Å². The first kappa shape index (κ1) is 21.0. The summed E-state index contributed by atoms with van der Waals surface area (Å²) in [6, 6.07) is 22.0. The molecule has 1 heterocycles. The highest BCUT2D eigenvalue weighted by molar-refractivity contribution is 7.73. The zero-order valence-electron chi connectivity index (χ0n) is 16.9. The third-order valence-corrected chi connectivity index (χ3v) is 8.54. The third kappa shape index (κ3) is 5.87. The van der Waals surface area contributed by atoms with Crippen LogP contribution in [0.5, 0.6) is 0 Å². The van der Waals surface area contributed by atoms with Gasteiger partial charge in [-0.05, 0) is 43.5 Å². The molecule has 0 aromatic heterocycles. The highest BCUT2D eigenvalue weighted by Gasteiger charge is 2.36. The SMILES string of the molecule is c1ccc(P(c2ccccc2)C2CCC3OCCOCCOCCOC3C2)cc1. The largest absolute Gasteiger partial charge is 0.377 e. The quantitative estimate of drug-likeness (QED) is 0.721. The van der Waals surface area contributed by atoms with E-state index < -0.39 is 7.92 Å². The molecule has 4 nitrogen and oxygen atoms in total. The second-order valence-corrected chi connectivity index (χ2v) is 10.1. The van der Waals surface area contributed by atoms with Gasteiger partial charge in [-0.15, -0.1) is 0 Å². The van der Waals surface area contributed by atoms with Gasteiger partial charge >= 0.3 is 0 Å². The maximum absolute atomic E-state index is 6.29. The van der Waals surface area contributed by atoms with Crippen molar-refractivity contribution in [2.24, 2.45) is 0 Å². The normalized spacial score (nSPS) is 26.9. The molecule has 1 aliphatic heterocycles. The lowest BCUT2D eigenvalue weighted by Crippen LogP contribution is -2.42. The molecule has 3 unspecified atom stereocenters. The first-order valence-corrected chi connectivity index (χ1v) is 12.1. The fourth-order valence-electron chi connectivity index (χ4n) is 4.27. The summed E-state index contributed by atoms with van der Waals surface area (Å²) >= 11 is 0.